The second-order valence-electron chi connectivity index (χ2n) is 5.18. The van der Waals surface area contributed by atoms with Gasteiger partial charge < -0.3 is 41.9 Å². The monoisotopic (exact) mass is 360 g/mol. The highest BCUT2D eigenvalue weighted by molar-refractivity contribution is 5.83. The standard InChI is InChI=1S/C12H20N6O7/c1-4(20)8(11(22)23)16-12(24)15-6(2-7(14)21)10-17-9(18-25-10)5(13)3-19/h4-6,8,19-20H,2-3,13H2,1H3,(H2,14,21)(H,22,23)(H2,15,16,24)/t4?,5-,6+,8?/m1/s1. The average molecular weight is 360 g/mol. The van der Waals surface area contributed by atoms with Gasteiger partial charge in [-0.05, 0) is 6.92 Å². The van der Waals surface area contributed by atoms with Gasteiger partial charge >= 0.3 is 12.0 Å². The minimum Gasteiger partial charge on any atom is -0.480 e. The Hall–Kier alpha value is -2.77. The number of hydrogen-bond donors (Lipinski definition) is 7. The third kappa shape index (κ3) is 5.98. The number of primary amides is 1. The number of aromatic nitrogens is 2. The van der Waals surface area contributed by atoms with Gasteiger partial charge in [0.05, 0.1) is 25.2 Å². The van der Waals surface area contributed by atoms with Crippen molar-refractivity contribution in [2.45, 2.75) is 37.6 Å². The van der Waals surface area contributed by atoms with Crippen LogP contribution in [0.25, 0.3) is 0 Å². The molecule has 13 heteroatoms. The summed E-state index contributed by atoms with van der Waals surface area (Å²) in [5, 5.41) is 35.0. The number of carbonyl (C=O) groups is 3. The Morgan fingerprint density at radius 1 is 1.32 bits per heavy atom. The first-order valence-electron chi connectivity index (χ1n) is 7.11. The van der Waals surface area contributed by atoms with Crippen molar-refractivity contribution in [2.75, 3.05) is 6.61 Å². The maximum atomic E-state index is 11.9. The van der Waals surface area contributed by atoms with Crippen molar-refractivity contribution in [2.24, 2.45) is 11.5 Å². The van der Waals surface area contributed by atoms with Crippen LogP contribution >= 0.6 is 0 Å². The van der Waals surface area contributed by atoms with Gasteiger partial charge in [0.25, 0.3) is 0 Å². The van der Waals surface area contributed by atoms with Gasteiger partial charge in [0.2, 0.25) is 11.8 Å². The highest BCUT2D eigenvalue weighted by Gasteiger charge is 2.29. The molecule has 0 radical (unpaired) electrons. The molecule has 1 aromatic rings. The fraction of sp³-hybridized carbons (Fsp3) is 0.583. The minimum absolute atomic E-state index is 0.0541. The van der Waals surface area contributed by atoms with Gasteiger partial charge in [0, 0.05) is 0 Å². The van der Waals surface area contributed by atoms with E-state index in [1.165, 1.54) is 6.92 Å². The quantitative estimate of drug-likeness (QED) is 0.238. The van der Waals surface area contributed by atoms with E-state index < -0.39 is 55.2 Å². The van der Waals surface area contributed by atoms with Crippen LogP contribution in [0.2, 0.25) is 0 Å². The lowest BCUT2D eigenvalue weighted by molar-refractivity contribution is -0.141. The van der Waals surface area contributed by atoms with E-state index in [1.54, 1.807) is 0 Å². The molecule has 0 aromatic carbocycles. The molecule has 0 spiro atoms. The Bertz CT molecular complexity index is 619. The zero-order valence-corrected chi connectivity index (χ0v) is 13.2. The molecular weight excluding hydrogens is 340 g/mol. The molecule has 9 N–H and O–H groups in total. The van der Waals surface area contributed by atoms with E-state index in [1.807, 2.05) is 5.32 Å². The van der Waals surface area contributed by atoms with Crippen molar-refractivity contribution in [3.63, 3.8) is 0 Å². The van der Waals surface area contributed by atoms with Crippen molar-refractivity contribution in [3.8, 4) is 0 Å². The molecule has 13 nitrogen and oxygen atoms in total. The molecule has 1 heterocycles. The summed E-state index contributed by atoms with van der Waals surface area (Å²) in [4.78, 5) is 37.9. The van der Waals surface area contributed by atoms with Gasteiger partial charge in [-0.2, -0.15) is 4.98 Å². The van der Waals surface area contributed by atoms with Gasteiger partial charge in [-0.15, -0.1) is 0 Å². The SMILES string of the molecule is CC(O)C(NC(=O)N[C@@H](CC(N)=O)c1nc([C@H](N)CO)no1)C(=O)O. The smallest absolute Gasteiger partial charge is 0.328 e. The van der Waals surface area contributed by atoms with Gasteiger partial charge in [-0.1, -0.05) is 5.16 Å². The van der Waals surface area contributed by atoms with Crippen molar-refractivity contribution < 1.29 is 34.2 Å². The number of nitrogens with one attached hydrogen (secondary N) is 2. The normalized spacial score (nSPS) is 15.7. The molecule has 0 aliphatic carbocycles. The van der Waals surface area contributed by atoms with E-state index in [-0.39, 0.29) is 11.7 Å². The number of urea groups is 1. The number of aliphatic hydroxyl groups excluding tert-OH is 2. The molecule has 0 saturated carbocycles. The zero-order chi connectivity index (χ0) is 19.1. The predicted molar refractivity (Wildman–Crippen MR) is 79.6 cm³/mol. The Morgan fingerprint density at radius 3 is 2.44 bits per heavy atom. The van der Waals surface area contributed by atoms with Crippen LogP contribution in [0.1, 0.15) is 37.1 Å². The second kappa shape index (κ2) is 8.91. The van der Waals surface area contributed by atoms with E-state index in [0.717, 1.165) is 0 Å². The Kier molecular flexibility index (Phi) is 7.22. The first-order chi connectivity index (χ1) is 11.6. The number of hydrogen-bond acceptors (Lipinski definition) is 9. The highest BCUT2D eigenvalue weighted by Crippen LogP contribution is 2.16. The van der Waals surface area contributed by atoms with E-state index in [9.17, 15) is 19.5 Å². The van der Waals surface area contributed by atoms with E-state index in [4.69, 9.17) is 26.2 Å². The third-order valence-electron chi connectivity index (χ3n) is 3.03. The molecule has 140 valence electrons. The largest absolute Gasteiger partial charge is 0.480 e. The molecule has 3 amide bonds. The van der Waals surface area contributed by atoms with Gasteiger partial charge in [-0.25, -0.2) is 9.59 Å². The van der Waals surface area contributed by atoms with Crippen LogP contribution in [0, 0.1) is 0 Å². The molecule has 0 bridgehead atoms. The number of amides is 3. The van der Waals surface area contributed by atoms with Crippen molar-refractivity contribution >= 4 is 17.9 Å². The van der Waals surface area contributed by atoms with Crippen LogP contribution in [0.5, 0.6) is 0 Å². The summed E-state index contributed by atoms with van der Waals surface area (Å²) in [5.41, 5.74) is 10.6. The molecule has 4 atom stereocenters. The second-order valence-corrected chi connectivity index (χ2v) is 5.18. The maximum Gasteiger partial charge on any atom is 0.328 e. The third-order valence-corrected chi connectivity index (χ3v) is 3.03. The molecular formula is C12H20N6O7. The van der Waals surface area contributed by atoms with Gasteiger partial charge in [0.1, 0.15) is 6.04 Å². The van der Waals surface area contributed by atoms with Crippen molar-refractivity contribution in [1.29, 1.82) is 0 Å². The summed E-state index contributed by atoms with van der Waals surface area (Å²) >= 11 is 0. The van der Waals surface area contributed by atoms with Gasteiger partial charge in [-0.3, -0.25) is 4.79 Å². The number of carboxylic acids is 1. The Labute approximate surface area is 141 Å². The van der Waals surface area contributed by atoms with E-state index >= 15 is 0 Å². The predicted octanol–water partition coefficient (Wildman–Crippen LogP) is -2.89. The Morgan fingerprint density at radius 2 is 1.96 bits per heavy atom. The van der Waals surface area contributed by atoms with Crippen LogP contribution in [-0.4, -0.2) is 62.1 Å². The fourth-order valence-electron chi connectivity index (χ4n) is 1.75. The van der Waals surface area contributed by atoms with Crippen LogP contribution in [-0.2, 0) is 9.59 Å². The molecule has 1 aromatic heterocycles. The summed E-state index contributed by atoms with van der Waals surface area (Å²) in [6.07, 6.45) is -1.79. The van der Waals surface area contributed by atoms with Crippen molar-refractivity contribution in [3.05, 3.63) is 11.7 Å². The maximum absolute atomic E-state index is 11.9. The van der Waals surface area contributed by atoms with Crippen LogP contribution in [0.4, 0.5) is 4.79 Å². The fourth-order valence-corrected chi connectivity index (χ4v) is 1.75. The van der Waals surface area contributed by atoms with Crippen LogP contribution in [0.3, 0.4) is 0 Å². The minimum atomic E-state index is -1.57. The molecule has 1 rings (SSSR count). The number of nitrogens with two attached hydrogens (primary N) is 2. The van der Waals surface area contributed by atoms with Gasteiger partial charge in [0.15, 0.2) is 11.9 Å². The summed E-state index contributed by atoms with van der Waals surface area (Å²) < 4.78 is 4.88. The van der Waals surface area contributed by atoms with E-state index in [0.29, 0.717) is 0 Å². The molecule has 0 saturated heterocycles. The number of aliphatic carboxylic acids is 1. The Balaban J connectivity index is 2.89. The number of carboxylic acid groups (broad SMARTS) is 1. The first-order valence-corrected chi connectivity index (χ1v) is 7.11. The lowest BCUT2D eigenvalue weighted by Crippen LogP contribution is -2.52. The number of rotatable bonds is 9. The van der Waals surface area contributed by atoms with Crippen LogP contribution in [0.15, 0.2) is 4.52 Å². The molecule has 0 fully saturated rings. The van der Waals surface area contributed by atoms with E-state index in [2.05, 4.69) is 15.5 Å². The lowest BCUT2D eigenvalue weighted by atomic mass is 10.2. The highest BCUT2D eigenvalue weighted by atomic mass is 16.5. The number of carbonyl (C=O) groups excluding carboxylic acids is 2. The summed E-state index contributed by atoms with van der Waals surface area (Å²) in [7, 11) is 0. The number of nitrogens with zero attached hydrogens (tertiary/aromatic N) is 2. The first kappa shape index (κ1) is 20.3. The molecule has 25 heavy (non-hydrogen) atoms. The summed E-state index contributed by atoms with van der Waals surface area (Å²) in [6.45, 7) is 0.725. The summed E-state index contributed by atoms with van der Waals surface area (Å²) in [5.74, 6) is -2.52. The summed E-state index contributed by atoms with van der Waals surface area (Å²) in [6, 6.07) is -4.67. The molecule has 0 aliphatic rings. The zero-order valence-electron chi connectivity index (χ0n) is 13.2. The topological polar surface area (TPSA) is 227 Å². The van der Waals surface area contributed by atoms with Crippen molar-refractivity contribution in [1.82, 2.24) is 20.8 Å². The average Bonchev–Trinajstić information content (AvgIpc) is 3.00. The molecule has 0 aliphatic heterocycles. The number of aliphatic hydroxyl groups is 2. The lowest BCUT2D eigenvalue weighted by Gasteiger charge is -2.19. The molecule has 2 unspecified atom stereocenters. The van der Waals surface area contributed by atoms with Crippen LogP contribution < -0.4 is 22.1 Å².